The average Bonchev–Trinajstić information content (AvgIpc) is 2.61. The van der Waals surface area contributed by atoms with Crippen molar-refractivity contribution in [3.05, 3.63) is 34.1 Å². The minimum atomic E-state index is 0.493. The number of rotatable bonds is 3. The summed E-state index contributed by atoms with van der Waals surface area (Å²) in [6, 6.07) is 5.47. The zero-order chi connectivity index (χ0) is 13.3. The normalized spacial score (nSPS) is 10.9. The highest BCUT2D eigenvalue weighted by atomic mass is 35.5. The van der Waals surface area contributed by atoms with Crippen molar-refractivity contribution in [1.82, 2.24) is 9.55 Å². The fourth-order valence-electron chi connectivity index (χ4n) is 1.97. The molecule has 0 fully saturated rings. The van der Waals surface area contributed by atoms with Gasteiger partial charge in [-0.1, -0.05) is 42.3 Å². The lowest BCUT2D eigenvalue weighted by Gasteiger charge is -2.06. The number of nitrogens with zero attached hydrogens (tertiary/aromatic N) is 2. The van der Waals surface area contributed by atoms with Gasteiger partial charge in [0.25, 0.3) is 0 Å². The number of hydrogen-bond donors (Lipinski definition) is 1. The van der Waals surface area contributed by atoms with Gasteiger partial charge in [-0.3, -0.25) is 0 Å². The fraction of sp³-hybridized carbons (Fsp3) is 0.308. The Hall–Kier alpha value is -1.19. The number of nitrogen functional groups attached to an aromatic ring is 1. The Morgan fingerprint density at radius 3 is 2.72 bits per heavy atom. The van der Waals surface area contributed by atoms with Gasteiger partial charge >= 0.3 is 0 Å². The summed E-state index contributed by atoms with van der Waals surface area (Å²) in [6.07, 6.45) is 1.00. The average molecular weight is 284 g/mol. The first kappa shape index (κ1) is 13.2. The molecule has 0 bridgehead atoms. The maximum Gasteiger partial charge on any atom is 0.131 e. The summed E-state index contributed by atoms with van der Waals surface area (Å²) in [5, 5.41) is 1.00. The van der Waals surface area contributed by atoms with Crippen LogP contribution >= 0.6 is 23.2 Å². The van der Waals surface area contributed by atoms with Crippen LogP contribution < -0.4 is 5.73 Å². The predicted molar refractivity (Wildman–Crippen MR) is 77.1 cm³/mol. The molecule has 1 heterocycles. The lowest BCUT2D eigenvalue weighted by Crippen LogP contribution is -2.04. The van der Waals surface area contributed by atoms with Crippen LogP contribution in [0.2, 0.25) is 10.0 Å². The number of halogens is 2. The van der Waals surface area contributed by atoms with Crippen molar-refractivity contribution in [1.29, 1.82) is 0 Å². The summed E-state index contributed by atoms with van der Waals surface area (Å²) >= 11 is 12.2. The van der Waals surface area contributed by atoms with Gasteiger partial charge in [0.2, 0.25) is 0 Å². The third kappa shape index (κ3) is 2.20. The van der Waals surface area contributed by atoms with Crippen molar-refractivity contribution in [2.24, 2.45) is 0 Å². The third-order valence-electron chi connectivity index (χ3n) is 2.85. The van der Waals surface area contributed by atoms with Gasteiger partial charge in [-0.25, -0.2) is 4.98 Å². The van der Waals surface area contributed by atoms with E-state index in [-0.39, 0.29) is 0 Å². The Kier molecular flexibility index (Phi) is 3.83. The standard InChI is InChI=1S/C13H15Cl2N3/c1-3-7-18-8(2)17-12(13(18)16)9-5-4-6-10(14)11(9)15/h4-6H,3,7,16H2,1-2H3. The first-order valence-corrected chi connectivity index (χ1v) is 6.58. The van der Waals surface area contributed by atoms with Gasteiger partial charge in [0, 0.05) is 12.1 Å². The van der Waals surface area contributed by atoms with Crippen LogP contribution in [0.25, 0.3) is 11.3 Å². The van der Waals surface area contributed by atoms with Gasteiger partial charge in [-0.2, -0.15) is 0 Å². The second-order valence-corrected chi connectivity index (χ2v) is 4.93. The fourth-order valence-corrected chi connectivity index (χ4v) is 2.36. The zero-order valence-electron chi connectivity index (χ0n) is 10.4. The highest BCUT2D eigenvalue weighted by Gasteiger charge is 2.16. The Morgan fingerprint density at radius 1 is 1.33 bits per heavy atom. The van der Waals surface area contributed by atoms with E-state index in [1.807, 2.05) is 23.6 Å². The molecule has 0 aliphatic carbocycles. The molecule has 0 saturated heterocycles. The van der Waals surface area contributed by atoms with Crippen molar-refractivity contribution in [2.45, 2.75) is 26.8 Å². The lowest BCUT2D eigenvalue weighted by atomic mass is 10.1. The molecule has 18 heavy (non-hydrogen) atoms. The van der Waals surface area contributed by atoms with Crippen LogP contribution in [0.1, 0.15) is 19.2 Å². The molecule has 2 N–H and O–H groups in total. The monoisotopic (exact) mass is 283 g/mol. The highest BCUT2D eigenvalue weighted by Crippen LogP contribution is 2.36. The van der Waals surface area contributed by atoms with Gasteiger partial charge in [0.05, 0.1) is 10.0 Å². The van der Waals surface area contributed by atoms with Crippen LogP contribution in [0.5, 0.6) is 0 Å². The molecule has 96 valence electrons. The van der Waals surface area contributed by atoms with Crippen molar-refractivity contribution >= 4 is 29.0 Å². The van der Waals surface area contributed by atoms with E-state index in [2.05, 4.69) is 11.9 Å². The Morgan fingerprint density at radius 2 is 2.06 bits per heavy atom. The minimum Gasteiger partial charge on any atom is -0.383 e. The quantitative estimate of drug-likeness (QED) is 0.919. The van der Waals surface area contributed by atoms with Crippen molar-refractivity contribution < 1.29 is 0 Å². The first-order valence-electron chi connectivity index (χ1n) is 5.83. The summed E-state index contributed by atoms with van der Waals surface area (Å²) in [4.78, 5) is 4.50. The molecule has 0 amide bonds. The first-order chi connectivity index (χ1) is 8.56. The topological polar surface area (TPSA) is 43.8 Å². The molecule has 3 nitrogen and oxygen atoms in total. The highest BCUT2D eigenvalue weighted by molar-refractivity contribution is 6.43. The largest absolute Gasteiger partial charge is 0.383 e. The van der Waals surface area contributed by atoms with Crippen molar-refractivity contribution in [2.75, 3.05) is 5.73 Å². The summed E-state index contributed by atoms with van der Waals surface area (Å²) in [5.41, 5.74) is 7.62. The van der Waals surface area contributed by atoms with Crippen molar-refractivity contribution in [3.63, 3.8) is 0 Å². The van der Waals surface area contributed by atoms with E-state index >= 15 is 0 Å². The van der Waals surface area contributed by atoms with Crippen LogP contribution in [-0.2, 0) is 6.54 Å². The molecule has 1 aromatic carbocycles. The molecule has 5 heteroatoms. The molecule has 0 atom stereocenters. The van der Waals surface area contributed by atoms with Gasteiger partial charge in [-0.15, -0.1) is 0 Å². The van der Waals surface area contributed by atoms with Gasteiger partial charge in [0.1, 0.15) is 17.3 Å². The molecule has 0 radical (unpaired) electrons. The Labute approximate surface area is 117 Å². The number of imidazole rings is 1. The van der Waals surface area contributed by atoms with Crippen LogP contribution in [0.15, 0.2) is 18.2 Å². The minimum absolute atomic E-state index is 0.493. The predicted octanol–water partition coefficient (Wildman–Crippen LogP) is 4.16. The second-order valence-electron chi connectivity index (χ2n) is 4.15. The van der Waals surface area contributed by atoms with Gasteiger partial charge < -0.3 is 10.3 Å². The van der Waals surface area contributed by atoms with E-state index in [0.29, 0.717) is 21.6 Å². The number of aromatic nitrogens is 2. The number of benzene rings is 1. The van der Waals surface area contributed by atoms with Gasteiger partial charge in [0.15, 0.2) is 0 Å². The summed E-state index contributed by atoms with van der Waals surface area (Å²) in [7, 11) is 0. The molecule has 0 unspecified atom stereocenters. The SMILES string of the molecule is CCCn1c(C)nc(-c2cccc(Cl)c2Cl)c1N. The molecule has 1 aromatic heterocycles. The molecule has 2 aromatic rings. The van der Waals surface area contributed by atoms with Crippen LogP contribution in [0, 0.1) is 6.92 Å². The van der Waals surface area contributed by atoms with Crippen molar-refractivity contribution in [3.8, 4) is 11.3 Å². The molecule has 2 rings (SSSR count). The lowest BCUT2D eigenvalue weighted by molar-refractivity contribution is 0.665. The smallest absolute Gasteiger partial charge is 0.131 e. The molecule has 0 saturated carbocycles. The van der Waals surface area contributed by atoms with E-state index < -0.39 is 0 Å². The summed E-state index contributed by atoms with van der Waals surface area (Å²) in [6.45, 7) is 4.89. The second kappa shape index (κ2) is 5.21. The van der Waals surface area contributed by atoms with E-state index in [4.69, 9.17) is 28.9 Å². The molecular formula is C13H15Cl2N3. The number of anilines is 1. The zero-order valence-corrected chi connectivity index (χ0v) is 11.9. The summed E-state index contributed by atoms with van der Waals surface area (Å²) in [5.74, 6) is 1.53. The van der Waals surface area contributed by atoms with E-state index in [0.717, 1.165) is 24.4 Å². The van der Waals surface area contributed by atoms with Crippen LogP contribution in [0.4, 0.5) is 5.82 Å². The van der Waals surface area contributed by atoms with E-state index in [1.54, 1.807) is 6.07 Å². The van der Waals surface area contributed by atoms with E-state index in [9.17, 15) is 0 Å². The number of hydrogen-bond acceptors (Lipinski definition) is 2. The van der Waals surface area contributed by atoms with E-state index in [1.165, 1.54) is 0 Å². The Bertz CT molecular complexity index is 576. The maximum absolute atomic E-state index is 6.20. The number of aryl methyl sites for hydroxylation is 1. The third-order valence-corrected chi connectivity index (χ3v) is 3.67. The van der Waals surface area contributed by atoms with Crippen LogP contribution in [0.3, 0.4) is 0 Å². The van der Waals surface area contributed by atoms with Gasteiger partial charge in [-0.05, 0) is 19.4 Å². The van der Waals surface area contributed by atoms with Crippen LogP contribution in [-0.4, -0.2) is 9.55 Å². The molecule has 0 aliphatic heterocycles. The molecular weight excluding hydrogens is 269 g/mol. The molecule has 0 spiro atoms. The molecule has 0 aliphatic rings. The number of nitrogens with two attached hydrogens (primary N) is 1. The Balaban J connectivity index is 2.58. The maximum atomic E-state index is 6.20. The summed E-state index contributed by atoms with van der Waals surface area (Å²) < 4.78 is 1.99.